The van der Waals surface area contributed by atoms with Crippen LogP contribution < -0.4 is 5.32 Å². The summed E-state index contributed by atoms with van der Waals surface area (Å²) < 4.78 is 13.4. The average molecular weight is 278 g/mol. The third kappa shape index (κ3) is 3.01. The van der Waals surface area contributed by atoms with Gasteiger partial charge in [0.25, 0.3) is 0 Å². The van der Waals surface area contributed by atoms with Crippen molar-refractivity contribution in [3.8, 4) is 0 Å². The van der Waals surface area contributed by atoms with Crippen molar-refractivity contribution in [1.82, 2.24) is 10.2 Å². The van der Waals surface area contributed by atoms with E-state index >= 15 is 0 Å². The normalized spacial score (nSPS) is 17.3. The summed E-state index contributed by atoms with van der Waals surface area (Å²) in [5, 5.41) is 3.25. The van der Waals surface area contributed by atoms with Gasteiger partial charge in [0.1, 0.15) is 5.82 Å². The summed E-state index contributed by atoms with van der Waals surface area (Å²) in [6, 6.07) is 6.84. The average Bonchev–Trinajstić information content (AvgIpc) is 2.46. The van der Waals surface area contributed by atoms with Crippen LogP contribution in [-0.4, -0.2) is 37.0 Å². The first-order chi connectivity index (χ1) is 9.45. The Balaban J connectivity index is 2.11. The third-order valence-electron chi connectivity index (χ3n) is 4.27. The molecular formula is C16H23FN2O. The van der Waals surface area contributed by atoms with Gasteiger partial charge in [-0.25, -0.2) is 4.39 Å². The molecule has 1 aliphatic rings. The molecular weight excluding hydrogens is 255 g/mol. The number of likely N-dealkylation sites (tertiary alicyclic amines) is 1. The highest BCUT2D eigenvalue weighted by atomic mass is 19.1. The third-order valence-corrected chi connectivity index (χ3v) is 4.27. The van der Waals surface area contributed by atoms with Crippen molar-refractivity contribution in [2.75, 3.05) is 20.1 Å². The standard InChI is InChI=1S/C16H23FN2O/c1-16(2,12-5-4-6-13(17)11-12)15(20)19-9-7-14(18-3)8-10-19/h4-6,11,14,18H,7-10H2,1-3H3. The van der Waals surface area contributed by atoms with Gasteiger partial charge < -0.3 is 10.2 Å². The Bertz CT molecular complexity index is 479. The van der Waals surface area contributed by atoms with Crippen molar-refractivity contribution < 1.29 is 9.18 Å². The number of nitrogens with one attached hydrogen (secondary N) is 1. The molecule has 0 atom stereocenters. The van der Waals surface area contributed by atoms with Crippen LogP contribution in [-0.2, 0) is 10.2 Å². The molecule has 3 nitrogen and oxygen atoms in total. The maximum Gasteiger partial charge on any atom is 0.232 e. The van der Waals surface area contributed by atoms with Crippen molar-refractivity contribution in [3.63, 3.8) is 0 Å². The molecule has 0 aromatic heterocycles. The van der Waals surface area contributed by atoms with Crippen LogP contribution in [0.3, 0.4) is 0 Å². The van der Waals surface area contributed by atoms with Gasteiger partial charge in [-0.05, 0) is 51.4 Å². The Kier molecular flexibility index (Phi) is 4.43. The van der Waals surface area contributed by atoms with Crippen molar-refractivity contribution in [2.45, 2.75) is 38.1 Å². The fraction of sp³-hybridized carbons (Fsp3) is 0.562. The van der Waals surface area contributed by atoms with E-state index in [1.54, 1.807) is 6.07 Å². The number of hydrogen-bond acceptors (Lipinski definition) is 2. The fourth-order valence-corrected chi connectivity index (χ4v) is 2.77. The molecule has 1 amide bonds. The topological polar surface area (TPSA) is 32.3 Å². The van der Waals surface area contributed by atoms with Crippen molar-refractivity contribution >= 4 is 5.91 Å². The van der Waals surface area contributed by atoms with Gasteiger partial charge in [0, 0.05) is 19.1 Å². The molecule has 4 heteroatoms. The Morgan fingerprint density at radius 1 is 1.35 bits per heavy atom. The molecule has 0 radical (unpaired) electrons. The molecule has 0 unspecified atom stereocenters. The summed E-state index contributed by atoms with van der Waals surface area (Å²) in [5.41, 5.74) is 0.0485. The summed E-state index contributed by atoms with van der Waals surface area (Å²) in [4.78, 5) is 14.6. The van der Waals surface area contributed by atoms with E-state index in [4.69, 9.17) is 0 Å². The number of nitrogens with zero attached hydrogens (tertiary/aromatic N) is 1. The minimum absolute atomic E-state index is 0.0812. The van der Waals surface area contributed by atoms with Crippen molar-refractivity contribution in [1.29, 1.82) is 0 Å². The van der Waals surface area contributed by atoms with E-state index in [0.717, 1.165) is 31.5 Å². The van der Waals surface area contributed by atoms with Crippen LogP contribution in [0.4, 0.5) is 4.39 Å². The Morgan fingerprint density at radius 2 is 2.00 bits per heavy atom. The highest BCUT2D eigenvalue weighted by molar-refractivity contribution is 5.87. The van der Waals surface area contributed by atoms with Crippen LogP contribution in [0.25, 0.3) is 0 Å². The lowest BCUT2D eigenvalue weighted by molar-refractivity contribution is -0.137. The number of carbonyl (C=O) groups excluding carboxylic acids is 1. The first-order valence-corrected chi connectivity index (χ1v) is 7.18. The van der Waals surface area contributed by atoms with Crippen LogP contribution in [0, 0.1) is 5.82 Å². The number of halogens is 1. The molecule has 2 rings (SSSR count). The summed E-state index contributed by atoms with van der Waals surface area (Å²) in [6.07, 6.45) is 1.95. The van der Waals surface area contributed by atoms with Gasteiger partial charge in [0.2, 0.25) is 5.91 Å². The number of hydrogen-bond donors (Lipinski definition) is 1. The van der Waals surface area contributed by atoms with Gasteiger partial charge in [-0.1, -0.05) is 12.1 Å². The number of rotatable bonds is 3. The minimum atomic E-state index is -0.686. The zero-order chi connectivity index (χ0) is 14.8. The molecule has 1 saturated heterocycles. The van der Waals surface area contributed by atoms with Gasteiger partial charge in [0.05, 0.1) is 5.41 Å². The predicted octanol–water partition coefficient (Wildman–Crippen LogP) is 2.31. The fourth-order valence-electron chi connectivity index (χ4n) is 2.77. The van der Waals surface area contributed by atoms with Crippen molar-refractivity contribution in [3.05, 3.63) is 35.6 Å². The highest BCUT2D eigenvalue weighted by Crippen LogP contribution is 2.27. The summed E-state index contributed by atoms with van der Waals surface area (Å²) in [6.45, 7) is 5.27. The number of piperidine rings is 1. The maximum atomic E-state index is 13.4. The van der Waals surface area contributed by atoms with E-state index in [9.17, 15) is 9.18 Å². The van der Waals surface area contributed by atoms with Crippen LogP contribution >= 0.6 is 0 Å². The van der Waals surface area contributed by atoms with Gasteiger partial charge in [-0.3, -0.25) is 4.79 Å². The number of benzene rings is 1. The van der Waals surface area contributed by atoms with Crippen molar-refractivity contribution in [2.24, 2.45) is 0 Å². The lowest BCUT2D eigenvalue weighted by Crippen LogP contribution is -2.49. The highest BCUT2D eigenvalue weighted by Gasteiger charge is 2.35. The molecule has 0 spiro atoms. The monoisotopic (exact) mass is 278 g/mol. The van der Waals surface area contributed by atoms with Gasteiger partial charge in [0.15, 0.2) is 0 Å². The molecule has 20 heavy (non-hydrogen) atoms. The van der Waals surface area contributed by atoms with E-state index in [2.05, 4.69) is 5.32 Å². The maximum absolute atomic E-state index is 13.4. The first kappa shape index (κ1) is 15.0. The number of amides is 1. The summed E-state index contributed by atoms with van der Waals surface area (Å²) in [5.74, 6) is -0.213. The lowest BCUT2D eigenvalue weighted by atomic mass is 9.82. The predicted molar refractivity (Wildman–Crippen MR) is 78.1 cm³/mol. The van der Waals surface area contributed by atoms with E-state index < -0.39 is 5.41 Å². The molecule has 110 valence electrons. The summed E-state index contributed by atoms with van der Waals surface area (Å²) in [7, 11) is 1.96. The number of carbonyl (C=O) groups is 1. The first-order valence-electron chi connectivity index (χ1n) is 7.18. The second-order valence-corrected chi connectivity index (χ2v) is 5.99. The second kappa shape index (κ2) is 5.92. The summed E-state index contributed by atoms with van der Waals surface area (Å²) >= 11 is 0. The molecule has 1 aromatic carbocycles. The lowest BCUT2D eigenvalue weighted by Gasteiger charge is -2.37. The Hall–Kier alpha value is -1.42. The second-order valence-electron chi connectivity index (χ2n) is 5.99. The zero-order valence-corrected chi connectivity index (χ0v) is 12.4. The molecule has 1 fully saturated rings. The smallest absolute Gasteiger partial charge is 0.232 e. The van der Waals surface area contributed by atoms with Crippen LogP contribution in [0.5, 0.6) is 0 Å². The van der Waals surface area contributed by atoms with Crippen LogP contribution in [0.1, 0.15) is 32.3 Å². The van der Waals surface area contributed by atoms with Gasteiger partial charge >= 0.3 is 0 Å². The quantitative estimate of drug-likeness (QED) is 0.920. The molecule has 1 N–H and O–H groups in total. The Morgan fingerprint density at radius 3 is 2.55 bits per heavy atom. The van der Waals surface area contributed by atoms with E-state index in [-0.39, 0.29) is 11.7 Å². The van der Waals surface area contributed by atoms with Gasteiger partial charge in [-0.15, -0.1) is 0 Å². The molecule has 0 saturated carbocycles. The largest absolute Gasteiger partial charge is 0.342 e. The molecule has 1 heterocycles. The molecule has 0 bridgehead atoms. The molecule has 1 aromatic rings. The zero-order valence-electron chi connectivity index (χ0n) is 12.4. The van der Waals surface area contributed by atoms with E-state index in [1.165, 1.54) is 12.1 Å². The van der Waals surface area contributed by atoms with Crippen LogP contribution in [0.15, 0.2) is 24.3 Å². The van der Waals surface area contributed by atoms with E-state index in [1.807, 2.05) is 31.9 Å². The molecule has 1 aliphatic heterocycles. The van der Waals surface area contributed by atoms with Crippen LogP contribution in [0.2, 0.25) is 0 Å². The SMILES string of the molecule is CNC1CCN(C(=O)C(C)(C)c2cccc(F)c2)CC1. The minimum Gasteiger partial charge on any atom is -0.342 e. The van der Waals surface area contributed by atoms with Gasteiger partial charge in [-0.2, -0.15) is 0 Å². The Labute approximate surface area is 120 Å². The van der Waals surface area contributed by atoms with E-state index in [0.29, 0.717) is 6.04 Å². The molecule has 0 aliphatic carbocycles.